The topological polar surface area (TPSA) is 20.3 Å². The Morgan fingerprint density at radius 3 is 1.81 bits per heavy atom. The fraction of sp³-hybridized carbons (Fsp3) is 0.148. The quantitative estimate of drug-likeness (QED) is 0.334. The number of carbonyl (C=O) groups excluding carboxylic acids is 1. The number of carbonyl (C=O) groups is 1. The highest BCUT2D eigenvalue weighted by Crippen LogP contribution is 2.24. The zero-order chi connectivity index (χ0) is 21.6. The van der Waals surface area contributed by atoms with Crippen molar-refractivity contribution < 1.29 is 4.79 Å². The van der Waals surface area contributed by atoms with E-state index in [4.69, 9.17) is 0 Å². The van der Waals surface area contributed by atoms with Gasteiger partial charge >= 0.3 is 0 Å². The van der Waals surface area contributed by atoms with Gasteiger partial charge in [-0.25, -0.2) is 0 Å². The van der Waals surface area contributed by atoms with E-state index >= 15 is 0 Å². The summed E-state index contributed by atoms with van der Waals surface area (Å²) in [5.41, 5.74) is 5.04. The normalized spacial score (nSPS) is 17.4. The Kier molecular flexibility index (Phi) is 7.33. The fourth-order valence-corrected chi connectivity index (χ4v) is 4.63. The van der Waals surface area contributed by atoms with Crippen molar-refractivity contribution >= 4 is 49.8 Å². The van der Waals surface area contributed by atoms with Gasteiger partial charge in [0.2, 0.25) is 0 Å². The molecule has 3 aromatic carbocycles. The minimum atomic E-state index is 0.135. The standard InChI is InChI=1S/C27H23Br2NO/c28-25-10-4-8-21(16-25)14-23-18-30(13-12-20-6-2-1-3-7-20)19-24(27(23)31)15-22-9-5-11-26(29)17-22/h1-11,14-17H,12-13,18-19H2. The number of rotatable bonds is 5. The summed E-state index contributed by atoms with van der Waals surface area (Å²) in [6.07, 6.45) is 5.01. The molecule has 1 aliphatic rings. The zero-order valence-electron chi connectivity index (χ0n) is 17.1. The van der Waals surface area contributed by atoms with Crippen molar-refractivity contribution in [2.24, 2.45) is 0 Å². The molecule has 31 heavy (non-hydrogen) atoms. The maximum atomic E-state index is 13.3. The van der Waals surface area contributed by atoms with E-state index in [0.717, 1.165) is 44.2 Å². The number of Topliss-reactive ketones (excluding diaryl/α,β-unsaturated/α-hetero) is 1. The van der Waals surface area contributed by atoms with Gasteiger partial charge in [-0.2, -0.15) is 0 Å². The minimum Gasteiger partial charge on any atom is -0.294 e. The lowest BCUT2D eigenvalue weighted by atomic mass is 9.94. The predicted molar refractivity (Wildman–Crippen MR) is 136 cm³/mol. The summed E-state index contributed by atoms with van der Waals surface area (Å²) in [5, 5.41) is 0. The first-order valence-corrected chi connectivity index (χ1v) is 11.9. The van der Waals surface area contributed by atoms with Crippen LogP contribution < -0.4 is 0 Å². The van der Waals surface area contributed by atoms with Gasteiger partial charge in [-0.3, -0.25) is 9.69 Å². The van der Waals surface area contributed by atoms with Gasteiger partial charge in [-0.1, -0.05) is 86.5 Å². The molecule has 0 saturated carbocycles. The first kappa shape index (κ1) is 21.9. The van der Waals surface area contributed by atoms with E-state index in [1.165, 1.54) is 5.56 Å². The number of benzene rings is 3. The van der Waals surface area contributed by atoms with E-state index in [9.17, 15) is 4.79 Å². The largest absolute Gasteiger partial charge is 0.294 e. The molecule has 0 unspecified atom stereocenters. The van der Waals surface area contributed by atoms with E-state index in [1.807, 2.05) is 66.7 Å². The fourth-order valence-electron chi connectivity index (χ4n) is 3.80. The molecule has 0 atom stereocenters. The lowest BCUT2D eigenvalue weighted by Crippen LogP contribution is -2.38. The molecule has 4 rings (SSSR count). The maximum Gasteiger partial charge on any atom is 0.187 e. The number of halogens is 2. The summed E-state index contributed by atoms with van der Waals surface area (Å²) in [7, 11) is 0. The molecule has 1 aliphatic heterocycles. The third kappa shape index (κ3) is 6.13. The Labute approximate surface area is 200 Å². The molecule has 4 heteroatoms. The molecule has 2 nitrogen and oxygen atoms in total. The molecule has 156 valence electrons. The third-order valence-electron chi connectivity index (χ3n) is 5.31. The number of ketones is 1. The van der Waals surface area contributed by atoms with Gasteiger partial charge in [0.1, 0.15) is 0 Å². The zero-order valence-corrected chi connectivity index (χ0v) is 20.3. The molecule has 0 radical (unpaired) electrons. The number of nitrogens with zero attached hydrogens (tertiary/aromatic N) is 1. The van der Waals surface area contributed by atoms with E-state index in [-0.39, 0.29) is 5.78 Å². The van der Waals surface area contributed by atoms with Crippen LogP contribution in [-0.2, 0) is 11.2 Å². The number of hydrogen-bond donors (Lipinski definition) is 0. The molecule has 1 fully saturated rings. The summed E-state index contributed by atoms with van der Waals surface area (Å²) in [4.78, 5) is 15.7. The number of piperidine rings is 1. The smallest absolute Gasteiger partial charge is 0.187 e. The summed E-state index contributed by atoms with van der Waals surface area (Å²) < 4.78 is 2.02. The van der Waals surface area contributed by atoms with Crippen molar-refractivity contribution in [3.63, 3.8) is 0 Å². The van der Waals surface area contributed by atoms with Crippen LogP contribution in [0.2, 0.25) is 0 Å². The second-order valence-electron chi connectivity index (χ2n) is 7.72. The Morgan fingerprint density at radius 1 is 0.742 bits per heavy atom. The molecule has 0 N–H and O–H groups in total. The van der Waals surface area contributed by atoms with Crippen LogP contribution in [0.1, 0.15) is 16.7 Å². The highest BCUT2D eigenvalue weighted by atomic mass is 79.9. The van der Waals surface area contributed by atoms with E-state index in [2.05, 4.69) is 61.0 Å². The molecule has 0 amide bonds. The number of likely N-dealkylation sites (tertiary alicyclic amines) is 1. The molecule has 0 aliphatic carbocycles. The Morgan fingerprint density at radius 2 is 1.29 bits per heavy atom. The minimum absolute atomic E-state index is 0.135. The lowest BCUT2D eigenvalue weighted by Gasteiger charge is -2.30. The monoisotopic (exact) mass is 535 g/mol. The van der Waals surface area contributed by atoms with Crippen molar-refractivity contribution in [1.29, 1.82) is 0 Å². The van der Waals surface area contributed by atoms with Gasteiger partial charge in [0.05, 0.1) is 0 Å². The second-order valence-corrected chi connectivity index (χ2v) is 9.56. The molecular weight excluding hydrogens is 514 g/mol. The summed E-state index contributed by atoms with van der Waals surface area (Å²) in [6.45, 7) is 2.23. The van der Waals surface area contributed by atoms with Crippen LogP contribution in [0.25, 0.3) is 12.2 Å². The van der Waals surface area contributed by atoms with E-state index in [0.29, 0.717) is 13.1 Å². The van der Waals surface area contributed by atoms with Crippen molar-refractivity contribution in [2.75, 3.05) is 19.6 Å². The van der Waals surface area contributed by atoms with Gasteiger partial charge in [0.15, 0.2) is 5.78 Å². The van der Waals surface area contributed by atoms with Gasteiger partial charge in [-0.15, -0.1) is 0 Å². The van der Waals surface area contributed by atoms with Crippen molar-refractivity contribution in [3.05, 3.63) is 116 Å². The van der Waals surface area contributed by atoms with Gasteiger partial charge in [0, 0.05) is 39.7 Å². The summed E-state index contributed by atoms with van der Waals surface area (Å²) in [6, 6.07) is 26.6. The van der Waals surface area contributed by atoms with E-state index in [1.54, 1.807) is 0 Å². The van der Waals surface area contributed by atoms with Gasteiger partial charge < -0.3 is 0 Å². The summed E-state index contributed by atoms with van der Waals surface area (Å²) >= 11 is 7.05. The van der Waals surface area contributed by atoms with Gasteiger partial charge in [-0.05, 0) is 59.5 Å². The average molecular weight is 537 g/mol. The average Bonchev–Trinajstić information content (AvgIpc) is 2.76. The van der Waals surface area contributed by atoms with Crippen LogP contribution in [0.15, 0.2) is 99.0 Å². The van der Waals surface area contributed by atoms with Crippen molar-refractivity contribution in [2.45, 2.75) is 6.42 Å². The summed E-state index contributed by atoms with van der Waals surface area (Å²) in [5.74, 6) is 0.135. The van der Waals surface area contributed by atoms with Crippen LogP contribution in [-0.4, -0.2) is 30.3 Å². The maximum absolute atomic E-state index is 13.3. The molecule has 0 spiro atoms. The highest BCUT2D eigenvalue weighted by molar-refractivity contribution is 9.10. The highest BCUT2D eigenvalue weighted by Gasteiger charge is 2.26. The molecule has 1 saturated heterocycles. The van der Waals surface area contributed by atoms with Crippen molar-refractivity contribution in [1.82, 2.24) is 4.90 Å². The third-order valence-corrected chi connectivity index (χ3v) is 6.30. The Bertz CT molecular complexity index is 1070. The second kappa shape index (κ2) is 10.4. The first-order valence-electron chi connectivity index (χ1n) is 10.3. The van der Waals surface area contributed by atoms with Crippen LogP contribution >= 0.6 is 31.9 Å². The Balaban J connectivity index is 1.63. The molecule has 0 aromatic heterocycles. The van der Waals surface area contributed by atoms with Crippen LogP contribution in [0.5, 0.6) is 0 Å². The van der Waals surface area contributed by atoms with Crippen LogP contribution in [0.4, 0.5) is 0 Å². The molecule has 3 aromatic rings. The van der Waals surface area contributed by atoms with Crippen molar-refractivity contribution in [3.8, 4) is 0 Å². The van der Waals surface area contributed by atoms with Crippen LogP contribution in [0.3, 0.4) is 0 Å². The molecule has 1 heterocycles. The predicted octanol–water partition coefficient (Wildman–Crippen LogP) is 6.81. The first-order chi connectivity index (χ1) is 15.1. The van der Waals surface area contributed by atoms with Crippen LogP contribution in [0, 0.1) is 0 Å². The Hall–Kier alpha value is -2.27. The SMILES string of the molecule is O=C1C(=Cc2cccc(Br)c2)CN(CCc2ccccc2)CC1=Cc1cccc(Br)c1. The lowest BCUT2D eigenvalue weighted by molar-refractivity contribution is -0.113. The number of hydrogen-bond acceptors (Lipinski definition) is 2. The van der Waals surface area contributed by atoms with Gasteiger partial charge in [0.25, 0.3) is 0 Å². The molecular formula is C27H23Br2NO. The molecule has 0 bridgehead atoms. The van der Waals surface area contributed by atoms with E-state index < -0.39 is 0 Å².